The Morgan fingerprint density at radius 3 is 2.39 bits per heavy atom. The zero-order chi connectivity index (χ0) is 23.0. The van der Waals surface area contributed by atoms with Gasteiger partial charge in [0.2, 0.25) is 5.91 Å². The highest BCUT2D eigenvalue weighted by molar-refractivity contribution is 5.87. The molecule has 2 aromatic carbocycles. The molecule has 33 heavy (non-hydrogen) atoms. The van der Waals surface area contributed by atoms with E-state index in [-0.39, 0.29) is 5.91 Å². The Bertz CT molecular complexity index is 946. The maximum atomic E-state index is 14.0. The molecule has 2 aromatic rings. The van der Waals surface area contributed by atoms with Crippen molar-refractivity contribution in [1.29, 1.82) is 0 Å². The first-order chi connectivity index (χ1) is 16.0. The van der Waals surface area contributed by atoms with E-state index in [1.54, 1.807) is 0 Å². The molecule has 0 spiro atoms. The minimum absolute atomic E-state index is 0.213. The molecule has 0 aromatic heterocycles. The van der Waals surface area contributed by atoms with Crippen LogP contribution in [-0.4, -0.2) is 35.0 Å². The van der Waals surface area contributed by atoms with E-state index >= 15 is 0 Å². The molecule has 3 aliphatic heterocycles. The predicted octanol–water partition coefficient (Wildman–Crippen LogP) is 4.61. The number of rotatable bonds is 8. The molecule has 1 saturated carbocycles. The summed E-state index contributed by atoms with van der Waals surface area (Å²) in [4.78, 5) is 16.7. The lowest BCUT2D eigenvalue weighted by atomic mass is 9.55. The summed E-state index contributed by atoms with van der Waals surface area (Å²) in [6, 6.07) is 22.1. The molecule has 2 N–H and O–H groups in total. The van der Waals surface area contributed by atoms with Crippen LogP contribution in [0.15, 0.2) is 60.7 Å². The van der Waals surface area contributed by atoms with Crippen LogP contribution >= 0.6 is 0 Å². The number of likely N-dealkylation sites (tertiary alicyclic amines) is 1. The van der Waals surface area contributed by atoms with E-state index in [1.165, 1.54) is 5.56 Å². The van der Waals surface area contributed by atoms with Crippen LogP contribution in [0, 0.1) is 23.7 Å². The minimum Gasteiger partial charge on any atom is -0.350 e. The lowest BCUT2D eigenvalue weighted by Crippen LogP contribution is -2.77. The first-order valence-corrected chi connectivity index (χ1v) is 12.9. The van der Waals surface area contributed by atoms with Gasteiger partial charge in [0.1, 0.15) is 5.54 Å². The molecule has 4 heteroatoms. The number of hydrogen-bond donors (Lipinski definition) is 2. The van der Waals surface area contributed by atoms with Gasteiger partial charge in [-0.25, -0.2) is 0 Å². The van der Waals surface area contributed by atoms with Gasteiger partial charge in [0.25, 0.3) is 0 Å². The van der Waals surface area contributed by atoms with Crippen LogP contribution in [0.5, 0.6) is 0 Å². The number of nitrogens with zero attached hydrogens (tertiary/aromatic N) is 1. The molecule has 4 nitrogen and oxygen atoms in total. The normalized spacial score (nSPS) is 32.9. The van der Waals surface area contributed by atoms with Crippen LogP contribution in [0.3, 0.4) is 0 Å². The van der Waals surface area contributed by atoms with Crippen LogP contribution in [0.2, 0.25) is 0 Å². The molecule has 0 radical (unpaired) electrons. The van der Waals surface area contributed by atoms with Gasteiger partial charge < -0.3 is 5.32 Å². The van der Waals surface area contributed by atoms with E-state index in [9.17, 15) is 4.79 Å². The largest absolute Gasteiger partial charge is 0.350 e. The van der Waals surface area contributed by atoms with Crippen molar-refractivity contribution in [3.8, 4) is 0 Å². The smallest absolute Gasteiger partial charge is 0.240 e. The predicted molar refractivity (Wildman–Crippen MR) is 133 cm³/mol. The summed E-state index contributed by atoms with van der Waals surface area (Å²) in [5.74, 6) is 2.35. The van der Waals surface area contributed by atoms with Gasteiger partial charge in [-0.05, 0) is 48.1 Å². The van der Waals surface area contributed by atoms with E-state index in [0.717, 1.165) is 37.9 Å². The summed E-state index contributed by atoms with van der Waals surface area (Å²) in [6.07, 6.45) is 3.13. The van der Waals surface area contributed by atoms with E-state index in [4.69, 9.17) is 0 Å². The summed E-state index contributed by atoms with van der Waals surface area (Å²) in [6.45, 7) is 9.61. The van der Waals surface area contributed by atoms with Crippen LogP contribution in [0.4, 0.5) is 0 Å². The van der Waals surface area contributed by atoms with Gasteiger partial charge in [0.15, 0.2) is 0 Å². The van der Waals surface area contributed by atoms with Crippen molar-refractivity contribution in [2.45, 2.75) is 70.7 Å². The quantitative estimate of drug-likeness (QED) is 0.624. The van der Waals surface area contributed by atoms with Crippen molar-refractivity contribution < 1.29 is 4.79 Å². The summed E-state index contributed by atoms with van der Waals surface area (Å²) in [5.41, 5.74) is 2.08. The molecule has 176 valence electrons. The summed E-state index contributed by atoms with van der Waals surface area (Å²) >= 11 is 0. The third-order valence-electron chi connectivity index (χ3n) is 8.46. The average molecular weight is 446 g/mol. The fourth-order valence-corrected chi connectivity index (χ4v) is 7.28. The fraction of sp³-hybridized carbons (Fsp3) is 0.552. The Morgan fingerprint density at radius 1 is 1.09 bits per heavy atom. The molecule has 4 aliphatic rings. The molecule has 1 amide bonds. The summed E-state index contributed by atoms with van der Waals surface area (Å²) < 4.78 is 0. The lowest BCUT2D eigenvalue weighted by molar-refractivity contribution is -0.143. The second-order valence-electron chi connectivity index (χ2n) is 11.0. The van der Waals surface area contributed by atoms with Crippen molar-refractivity contribution in [3.63, 3.8) is 0 Å². The van der Waals surface area contributed by atoms with Gasteiger partial charge in [-0.3, -0.25) is 15.0 Å². The van der Waals surface area contributed by atoms with Crippen LogP contribution in [-0.2, 0) is 17.9 Å². The lowest BCUT2D eigenvalue weighted by Gasteiger charge is -2.59. The number of carbonyl (C=O) groups is 1. The van der Waals surface area contributed by atoms with Crippen LogP contribution in [0.1, 0.15) is 51.2 Å². The van der Waals surface area contributed by atoms with Crippen molar-refractivity contribution in [3.05, 3.63) is 71.8 Å². The molecule has 6 rings (SSSR count). The van der Waals surface area contributed by atoms with E-state index < -0.39 is 5.54 Å². The molecular weight excluding hydrogens is 406 g/mol. The third kappa shape index (κ3) is 4.13. The molecule has 6 atom stereocenters. The Labute approximate surface area is 199 Å². The molecule has 3 saturated heterocycles. The highest BCUT2D eigenvalue weighted by atomic mass is 16.2. The van der Waals surface area contributed by atoms with Crippen LogP contribution in [0.25, 0.3) is 0 Å². The third-order valence-corrected chi connectivity index (χ3v) is 8.46. The molecule has 1 aliphatic carbocycles. The first-order valence-electron chi connectivity index (χ1n) is 12.9. The number of carbonyl (C=O) groups excluding carboxylic acids is 1. The van der Waals surface area contributed by atoms with Crippen molar-refractivity contribution in [1.82, 2.24) is 15.5 Å². The Morgan fingerprint density at radius 2 is 1.76 bits per heavy atom. The molecular formula is C29H39N3O. The second-order valence-corrected chi connectivity index (χ2v) is 11.0. The summed E-state index contributed by atoms with van der Waals surface area (Å²) in [7, 11) is 0. The maximum absolute atomic E-state index is 14.0. The fourth-order valence-electron chi connectivity index (χ4n) is 7.28. The van der Waals surface area contributed by atoms with Gasteiger partial charge in [-0.2, -0.15) is 0 Å². The van der Waals surface area contributed by atoms with Gasteiger partial charge >= 0.3 is 0 Å². The zero-order valence-corrected chi connectivity index (χ0v) is 20.3. The number of piperidine rings is 2. The molecule has 3 heterocycles. The number of nitrogens with one attached hydrogen (secondary N) is 2. The van der Waals surface area contributed by atoms with Gasteiger partial charge in [0, 0.05) is 37.6 Å². The van der Waals surface area contributed by atoms with Gasteiger partial charge in [0.05, 0.1) is 0 Å². The molecule has 4 fully saturated rings. The van der Waals surface area contributed by atoms with Crippen LogP contribution < -0.4 is 10.6 Å². The summed E-state index contributed by atoms with van der Waals surface area (Å²) in [5, 5.41) is 7.30. The molecule has 6 unspecified atom stereocenters. The Hall–Kier alpha value is -2.17. The second kappa shape index (κ2) is 9.23. The highest BCUT2D eigenvalue weighted by Crippen LogP contribution is 2.56. The minimum atomic E-state index is -0.463. The highest BCUT2D eigenvalue weighted by Gasteiger charge is 2.67. The average Bonchev–Trinajstić information content (AvgIpc) is 3.13. The van der Waals surface area contributed by atoms with Gasteiger partial charge in [-0.1, -0.05) is 81.4 Å². The van der Waals surface area contributed by atoms with E-state index in [2.05, 4.69) is 78.8 Å². The first kappa shape index (κ1) is 22.6. The number of fused-ring (bicyclic) bond motifs is 1. The van der Waals surface area contributed by atoms with E-state index in [1.807, 2.05) is 18.2 Å². The molecule has 4 bridgehead atoms. The number of amides is 1. The van der Waals surface area contributed by atoms with Crippen molar-refractivity contribution >= 4 is 5.91 Å². The number of hydrogen-bond acceptors (Lipinski definition) is 3. The van der Waals surface area contributed by atoms with Crippen molar-refractivity contribution in [2.24, 2.45) is 23.7 Å². The maximum Gasteiger partial charge on any atom is 0.240 e. The monoisotopic (exact) mass is 445 g/mol. The number of benzene rings is 2. The Balaban J connectivity index is 1.45. The van der Waals surface area contributed by atoms with E-state index in [0.29, 0.717) is 42.3 Å². The topological polar surface area (TPSA) is 44.4 Å². The zero-order valence-electron chi connectivity index (χ0n) is 20.3. The van der Waals surface area contributed by atoms with Crippen molar-refractivity contribution in [2.75, 3.05) is 6.54 Å². The SMILES string of the molecule is CCC1NC2(C(=O)NCc3ccccc3)CC3CN(Cc4ccccc4)C(C31)C2CC(C)C. The standard InChI is InChI=1S/C29H39N3O/c1-4-25-26-23-16-29(31-25,28(33)30-17-21-11-7-5-8-12-21)24(15-20(2)3)27(26)32(19-23)18-22-13-9-6-10-14-22/h5-14,20,23-27,31H,4,15-19H2,1-3H3,(H,30,33). The van der Waals surface area contributed by atoms with Gasteiger partial charge in [-0.15, -0.1) is 0 Å². The Kier molecular flexibility index (Phi) is 6.32.